The van der Waals surface area contributed by atoms with E-state index in [0.717, 1.165) is 24.0 Å². The quantitative estimate of drug-likeness (QED) is 0.835. The molecule has 1 aliphatic rings. The molecular formula is C14H20N2O. The first kappa shape index (κ1) is 12.1. The van der Waals surface area contributed by atoms with Gasteiger partial charge in [0, 0.05) is 18.2 Å². The zero-order chi connectivity index (χ0) is 12.3. The van der Waals surface area contributed by atoms with Gasteiger partial charge in [-0.1, -0.05) is 24.1 Å². The Morgan fingerprint density at radius 3 is 2.94 bits per heavy atom. The van der Waals surface area contributed by atoms with Gasteiger partial charge in [-0.15, -0.1) is 0 Å². The fraction of sp³-hybridized carbons (Fsp3) is 0.500. The molecule has 17 heavy (non-hydrogen) atoms. The number of nitrogens with two attached hydrogens (primary N) is 1. The number of benzene rings is 1. The van der Waals surface area contributed by atoms with Crippen molar-refractivity contribution in [2.45, 2.75) is 32.2 Å². The van der Waals surface area contributed by atoms with Crippen LogP contribution >= 0.6 is 0 Å². The molecule has 92 valence electrons. The van der Waals surface area contributed by atoms with Gasteiger partial charge in [0.15, 0.2) is 0 Å². The number of hydrogen-bond acceptors (Lipinski definition) is 2. The van der Waals surface area contributed by atoms with Gasteiger partial charge < -0.3 is 11.1 Å². The summed E-state index contributed by atoms with van der Waals surface area (Å²) < 4.78 is 0. The van der Waals surface area contributed by atoms with E-state index in [1.165, 1.54) is 6.42 Å². The van der Waals surface area contributed by atoms with Gasteiger partial charge in [0.2, 0.25) is 0 Å². The van der Waals surface area contributed by atoms with E-state index in [-0.39, 0.29) is 11.9 Å². The first-order valence-corrected chi connectivity index (χ1v) is 6.27. The van der Waals surface area contributed by atoms with Crippen molar-refractivity contribution in [2.24, 2.45) is 11.7 Å². The lowest BCUT2D eigenvalue weighted by Gasteiger charge is -2.15. The van der Waals surface area contributed by atoms with Gasteiger partial charge in [-0.3, -0.25) is 4.79 Å². The minimum absolute atomic E-state index is 0.00722. The molecule has 0 radical (unpaired) electrons. The van der Waals surface area contributed by atoms with Crippen LogP contribution in [0.3, 0.4) is 0 Å². The minimum Gasteiger partial charge on any atom is -0.352 e. The molecule has 1 aliphatic carbocycles. The molecule has 3 nitrogen and oxygen atoms in total. The van der Waals surface area contributed by atoms with E-state index in [9.17, 15) is 4.79 Å². The first-order chi connectivity index (χ1) is 8.16. The van der Waals surface area contributed by atoms with Crippen molar-refractivity contribution in [1.29, 1.82) is 0 Å². The summed E-state index contributed by atoms with van der Waals surface area (Å²) in [7, 11) is 0. The van der Waals surface area contributed by atoms with Crippen molar-refractivity contribution < 1.29 is 4.79 Å². The third kappa shape index (κ3) is 3.07. The van der Waals surface area contributed by atoms with Crippen LogP contribution in [0.15, 0.2) is 24.3 Å². The Labute approximate surface area is 102 Å². The number of aryl methyl sites for hydroxylation is 1. The summed E-state index contributed by atoms with van der Waals surface area (Å²) in [6.07, 6.45) is 3.41. The molecule has 0 heterocycles. The molecule has 3 N–H and O–H groups in total. The van der Waals surface area contributed by atoms with Crippen LogP contribution < -0.4 is 11.1 Å². The Morgan fingerprint density at radius 1 is 1.47 bits per heavy atom. The summed E-state index contributed by atoms with van der Waals surface area (Å²) in [5, 5.41) is 2.98. The Balaban J connectivity index is 1.89. The highest BCUT2D eigenvalue weighted by Gasteiger charge is 2.24. The van der Waals surface area contributed by atoms with Gasteiger partial charge in [0.1, 0.15) is 0 Å². The number of carbonyl (C=O) groups is 1. The van der Waals surface area contributed by atoms with Gasteiger partial charge in [0.25, 0.3) is 5.91 Å². The zero-order valence-corrected chi connectivity index (χ0v) is 10.3. The largest absolute Gasteiger partial charge is 0.352 e. The molecule has 1 aromatic carbocycles. The molecule has 2 atom stereocenters. The molecule has 1 fully saturated rings. The van der Waals surface area contributed by atoms with Gasteiger partial charge in [-0.2, -0.15) is 0 Å². The third-order valence-electron chi connectivity index (χ3n) is 3.52. The van der Waals surface area contributed by atoms with Crippen LogP contribution in [-0.4, -0.2) is 18.5 Å². The summed E-state index contributed by atoms with van der Waals surface area (Å²) in [5.74, 6) is 0.455. The SMILES string of the molecule is Cc1cccc(C(=O)NCC2CCCC2N)c1. The minimum atomic E-state index is 0.00722. The number of hydrogen-bond donors (Lipinski definition) is 2. The highest BCUT2D eigenvalue weighted by molar-refractivity contribution is 5.94. The lowest BCUT2D eigenvalue weighted by atomic mass is 10.0. The predicted molar refractivity (Wildman–Crippen MR) is 68.8 cm³/mol. The second-order valence-electron chi connectivity index (χ2n) is 4.93. The molecule has 2 rings (SSSR count). The summed E-state index contributed by atoms with van der Waals surface area (Å²) in [6, 6.07) is 7.91. The van der Waals surface area contributed by atoms with E-state index in [2.05, 4.69) is 5.32 Å². The first-order valence-electron chi connectivity index (χ1n) is 6.27. The highest BCUT2D eigenvalue weighted by atomic mass is 16.1. The molecule has 0 bridgehead atoms. The molecule has 0 aliphatic heterocycles. The van der Waals surface area contributed by atoms with Crippen LogP contribution in [0.25, 0.3) is 0 Å². The molecule has 2 unspecified atom stereocenters. The average Bonchev–Trinajstić information content (AvgIpc) is 2.72. The maximum absolute atomic E-state index is 11.9. The Bertz CT molecular complexity index is 403. The smallest absolute Gasteiger partial charge is 0.251 e. The number of amides is 1. The van der Waals surface area contributed by atoms with Crippen LogP contribution in [0, 0.1) is 12.8 Å². The van der Waals surface area contributed by atoms with E-state index in [1.54, 1.807) is 0 Å². The van der Waals surface area contributed by atoms with Crippen molar-refractivity contribution in [2.75, 3.05) is 6.54 Å². The van der Waals surface area contributed by atoms with Gasteiger partial charge >= 0.3 is 0 Å². The van der Waals surface area contributed by atoms with Crippen molar-refractivity contribution in [3.63, 3.8) is 0 Å². The normalized spacial score (nSPS) is 23.6. The van der Waals surface area contributed by atoms with Crippen LogP contribution in [-0.2, 0) is 0 Å². The summed E-state index contributed by atoms with van der Waals surface area (Å²) in [4.78, 5) is 11.9. The van der Waals surface area contributed by atoms with E-state index in [4.69, 9.17) is 5.73 Å². The summed E-state index contributed by atoms with van der Waals surface area (Å²) >= 11 is 0. The molecule has 1 amide bonds. The van der Waals surface area contributed by atoms with Gasteiger partial charge in [-0.05, 0) is 37.8 Å². The highest BCUT2D eigenvalue weighted by Crippen LogP contribution is 2.23. The Morgan fingerprint density at radius 2 is 2.29 bits per heavy atom. The van der Waals surface area contributed by atoms with Gasteiger partial charge in [-0.25, -0.2) is 0 Å². The van der Waals surface area contributed by atoms with Crippen LogP contribution in [0.1, 0.15) is 35.2 Å². The van der Waals surface area contributed by atoms with E-state index in [0.29, 0.717) is 12.5 Å². The molecule has 0 saturated heterocycles. The lowest BCUT2D eigenvalue weighted by molar-refractivity contribution is 0.0946. The Hall–Kier alpha value is -1.35. The van der Waals surface area contributed by atoms with E-state index >= 15 is 0 Å². The van der Waals surface area contributed by atoms with E-state index in [1.807, 2.05) is 31.2 Å². The standard InChI is InChI=1S/C14H20N2O/c1-10-4-2-5-11(8-10)14(17)16-9-12-6-3-7-13(12)15/h2,4-5,8,12-13H,3,6-7,9,15H2,1H3,(H,16,17). The maximum atomic E-state index is 11.9. The Kier molecular flexibility index (Phi) is 3.79. The molecule has 0 aromatic heterocycles. The number of rotatable bonds is 3. The fourth-order valence-corrected chi connectivity index (χ4v) is 2.43. The second-order valence-corrected chi connectivity index (χ2v) is 4.93. The zero-order valence-electron chi connectivity index (χ0n) is 10.3. The van der Waals surface area contributed by atoms with Crippen molar-refractivity contribution in [1.82, 2.24) is 5.32 Å². The summed E-state index contributed by atoms with van der Waals surface area (Å²) in [5.41, 5.74) is 7.82. The lowest BCUT2D eigenvalue weighted by Crippen LogP contribution is -2.36. The van der Waals surface area contributed by atoms with Crippen molar-refractivity contribution >= 4 is 5.91 Å². The number of carbonyl (C=O) groups excluding carboxylic acids is 1. The van der Waals surface area contributed by atoms with Gasteiger partial charge in [0.05, 0.1) is 0 Å². The molecule has 3 heteroatoms. The molecule has 0 spiro atoms. The molecule has 1 saturated carbocycles. The van der Waals surface area contributed by atoms with Crippen LogP contribution in [0.5, 0.6) is 0 Å². The molecular weight excluding hydrogens is 212 g/mol. The fourth-order valence-electron chi connectivity index (χ4n) is 2.43. The molecule has 1 aromatic rings. The topological polar surface area (TPSA) is 55.1 Å². The van der Waals surface area contributed by atoms with Crippen molar-refractivity contribution in [3.05, 3.63) is 35.4 Å². The predicted octanol–water partition coefficient (Wildman–Crippen LogP) is 1.85. The van der Waals surface area contributed by atoms with Crippen LogP contribution in [0.2, 0.25) is 0 Å². The maximum Gasteiger partial charge on any atom is 0.251 e. The van der Waals surface area contributed by atoms with Crippen LogP contribution in [0.4, 0.5) is 0 Å². The van der Waals surface area contributed by atoms with Crippen molar-refractivity contribution in [3.8, 4) is 0 Å². The third-order valence-corrected chi connectivity index (χ3v) is 3.52. The monoisotopic (exact) mass is 232 g/mol. The average molecular weight is 232 g/mol. The van der Waals surface area contributed by atoms with E-state index < -0.39 is 0 Å². The number of nitrogens with one attached hydrogen (secondary N) is 1. The second kappa shape index (κ2) is 5.32. The summed E-state index contributed by atoms with van der Waals surface area (Å²) in [6.45, 7) is 2.69.